The number of aromatic nitrogens is 2. The number of rotatable bonds is 4. The minimum atomic E-state index is -0.169. The molecule has 1 aliphatic rings. The normalized spacial score (nSPS) is 14.9. The van der Waals surface area contributed by atoms with Crippen LogP contribution in [-0.4, -0.2) is 27.0 Å². The number of nitrogens with zero attached hydrogens (tertiary/aromatic N) is 2. The summed E-state index contributed by atoms with van der Waals surface area (Å²) >= 11 is 3.93. The first-order chi connectivity index (χ1) is 13.6. The van der Waals surface area contributed by atoms with E-state index >= 15 is 0 Å². The van der Waals surface area contributed by atoms with Crippen molar-refractivity contribution in [2.75, 3.05) is 11.5 Å². The monoisotopic (exact) mass is 411 g/mol. The molecule has 1 amide bonds. The molecule has 0 bridgehead atoms. The summed E-state index contributed by atoms with van der Waals surface area (Å²) in [7, 11) is 1.68. The molecule has 5 nitrogen and oxygen atoms in total. The zero-order valence-electron chi connectivity index (χ0n) is 15.6. The molecule has 0 saturated carbocycles. The largest absolute Gasteiger partial charge is 0.345 e. The number of para-hydroxylation sites is 1. The molecule has 0 spiro atoms. The Bertz CT molecular complexity index is 1060. The van der Waals surface area contributed by atoms with Crippen molar-refractivity contribution in [3.05, 3.63) is 75.8 Å². The molecule has 1 aliphatic heterocycles. The summed E-state index contributed by atoms with van der Waals surface area (Å²) in [6.07, 6.45) is 1.26. The third-order valence-corrected chi connectivity index (χ3v) is 7.77. The maximum Gasteiger partial charge on any atom is 0.261 e. The Hall–Kier alpha value is -2.25. The predicted molar refractivity (Wildman–Crippen MR) is 117 cm³/mol. The van der Waals surface area contributed by atoms with Gasteiger partial charge in [0.1, 0.15) is 5.82 Å². The molecule has 1 aromatic heterocycles. The number of hydrogen-bond acceptors (Lipinski definition) is 5. The number of fused-ring (bicyclic) bond motifs is 1. The summed E-state index contributed by atoms with van der Waals surface area (Å²) in [4.78, 5) is 29.5. The van der Waals surface area contributed by atoms with Crippen LogP contribution in [0.4, 0.5) is 0 Å². The number of carbonyl (C=O) groups excluding carboxylic acids is 1. The topological polar surface area (TPSA) is 64.0 Å². The van der Waals surface area contributed by atoms with E-state index in [1.54, 1.807) is 13.1 Å². The highest BCUT2D eigenvalue weighted by molar-refractivity contribution is 8.16. The molecule has 1 N–H and O–H groups in total. The standard InChI is InChI=1S/C21H21N3O2S2/c1-24-18(23-17-6-3-2-5-16(17)20(24)26)13-22-19(25)14-7-9-15(10-8-14)21-27-11-4-12-28-21/h2-3,5-10,21H,4,11-13H2,1H3,(H,22,25). The molecule has 4 rings (SSSR count). The Balaban J connectivity index is 1.46. The van der Waals surface area contributed by atoms with E-state index in [4.69, 9.17) is 0 Å². The summed E-state index contributed by atoms with van der Waals surface area (Å²) < 4.78 is 1.95. The second kappa shape index (κ2) is 8.41. The summed E-state index contributed by atoms with van der Waals surface area (Å²) in [5.74, 6) is 2.75. The fourth-order valence-electron chi connectivity index (χ4n) is 3.16. The molecule has 0 aliphatic carbocycles. The number of hydrogen-bond donors (Lipinski definition) is 1. The van der Waals surface area contributed by atoms with E-state index in [1.165, 1.54) is 28.1 Å². The van der Waals surface area contributed by atoms with Gasteiger partial charge in [0.25, 0.3) is 11.5 Å². The van der Waals surface area contributed by atoms with E-state index in [-0.39, 0.29) is 18.0 Å². The van der Waals surface area contributed by atoms with Gasteiger partial charge < -0.3 is 5.32 Å². The van der Waals surface area contributed by atoms with Crippen molar-refractivity contribution >= 4 is 40.3 Å². The molecule has 144 valence electrons. The second-order valence-corrected chi connectivity index (χ2v) is 9.37. The Morgan fingerprint density at radius 3 is 2.61 bits per heavy atom. The summed E-state index contributed by atoms with van der Waals surface area (Å²) in [5.41, 5.74) is 2.40. The molecular formula is C21H21N3O2S2. The lowest BCUT2D eigenvalue weighted by atomic mass is 10.1. The molecular weight excluding hydrogens is 390 g/mol. The zero-order chi connectivity index (χ0) is 19.5. The van der Waals surface area contributed by atoms with E-state index < -0.39 is 0 Å². The highest BCUT2D eigenvalue weighted by atomic mass is 32.2. The SMILES string of the molecule is Cn1c(CNC(=O)c2ccc(C3SCCCS3)cc2)nc2ccccc2c1=O. The average Bonchev–Trinajstić information content (AvgIpc) is 2.76. The van der Waals surface area contributed by atoms with Gasteiger partial charge >= 0.3 is 0 Å². The van der Waals surface area contributed by atoms with Crippen LogP contribution >= 0.6 is 23.5 Å². The van der Waals surface area contributed by atoms with Crippen LogP contribution in [0.3, 0.4) is 0 Å². The van der Waals surface area contributed by atoms with Crippen LogP contribution in [0.5, 0.6) is 0 Å². The van der Waals surface area contributed by atoms with E-state index in [1.807, 2.05) is 66.0 Å². The van der Waals surface area contributed by atoms with Crippen molar-refractivity contribution in [3.63, 3.8) is 0 Å². The number of thioether (sulfide) groups is 2. The molecule has 2 heterocycles. The van der Waals surface area contributed by atoms with Gasteiger partial charge in [0, 0.05) is 12.6 Å². The van der Waals surface area contributed by atoms with Gasteiger partial charge in [-0.25, -0.2) is 4.98 Å². The maximum absolute atomic E-state index is 12.5. The van der Waals surface area contributed by atoms with Crippen LogP contribution in [0, 0.1) is 0 Å². The van der Waals surface area contributed by atoms with Crippen molar-refractivity contribution in [1.29, 1.82) is 0 Å². The Labute approximate surface area is 171 Å². The minimum Gasteiger partial charge on any atom is -0.345 e. The number of nitrogens with one attached hydrogen (secondary N) is 1. The minimum absolute atomic E-state index is 0.110. The van der Waals surface area contributed by atoms with Gasteiger partial charge in [0.2, 0.25) is 0 Å². The number of amides is 1. The van der Waals surface area contributed by atoms with Gasteiger partial charge in [-0.05, 0) is 47.8 Å². The van der Waals surface area contributed by atoms with Crippen LogP contribution in [0.15, 0.2) is 53.3 Å². The molecule has 0 unspecified atom stereocenters. The zero-order valence-corrected chi connectivity index (χ0v) is 17.2. The van der Waals surface area contributed by atoms with E-state index in [9.17, 15) is 9.59 Å². The van der Waals surface area contributed by atoms with Gasteiger partial charge in [-0.2, -0.15) is 0 Å². The van der Waals surface area contributed by atoms with E-state index in [0.717, 1.165) is 0 Å². The fourth-order valence-corrected chi connectivity index (χ4v) is 6.05. The average molecular weight is 412 g/mol. The van der Waals surface area contributed by atoms with Gasteiger partial charge in [-0.15, -0.1) is 23.5 Å². The molecule has 1 saturated heterocycles. The van der Waals surface area contributed by atoms with Crippen molar-refractivity contribution < 1.29 is 4.79 Å². The predicted octanol–water partition coefficient (Wildman–Crippen LogP) is 3.73. The maximum atomic E-state index is 12.5. The van der Waals surface area contributed by atoms with Crippen LogP contribution < -0.4 is 10.9 Å². The number of benzene rings is 2. The van der Waals surface area contributed by atoms with Gasteiger partial charge in [0.15, 0.2) is 0 Å². The fraction of sp³-hybridized carbons (Fsp3) is 0.286. The summed E-state index contributed by atoms with van der Waals surface area (Å²) in [6.45, 7) is 0.200. The first-order valence-electron chi connectivity index (χ1n) is 9.19. The number of carbonyl (C=O) groups is 1. The lowest BCUT2D eigenvalue weighted by molar-refractivity contribution is 0.0949. The Kier molecular flexibility index (Phi) is 5.73. The molecule has 2 aromatic carbocycles. The second-order valence-electron chi connectivity index (χ2n) is 6.64. The van der Waals surface area contributed by atoms with Crippen LogP contribution in [0.25, 0.3) is 10.9 Å². The lowest BCUT2D eigenvalue weighted by Crippen LogP contribution is -2.29. The van der Waals surface area contributed by atoms with Crippen LogP contribution in [0.1, 0.15) is 32.7 Å². The van der Waals surface area contributed by atoms with Crippen LogP contribution in [-0.2, 0) is 13.6 Å². The van der Waals surface area contributed by atoms with Crippen LogP contribution in [0.2, 0.25) is 0 Å². The molecule has 3 aromatic rings. The van der Waals surface area contributed by atoms with Gasteiger partial charge in [-0.1, -0.05) is 24.3 Å². The third kappa shape index (κ3) is 3.95. The van der Waals surface area contributed by atoms with Gasteiger partial charge in [0.05, 0.1) is 22.0 Å². The Morgan fingerprint density at radius 1 is 1.14 bits per heavy atom. The molecule has 7 heteroatoms. The van der Waals surface area contributed by atoms with Crippen molar-refractivity contribution in [3.8, 4) is 0 Å². The Morgan fingerprint density at radius 2 is 1.86 bits per heavy atom. The van der Waals surface area contributed by atoms with E-state index in [0.29, 0.717) is 26.9 Å². The highest BCUT2D eigenvalue weighted by Gasteiger charge is 2.17. The molecule has 0 atom stereocenters. The quantitative estimate of drug-likeness (QED) is 0.709. The first kappa shape index (κ1) is 19.1. The van der Waals surface area contributed by atoms with Crippen molar-refractivity contribution in [1.82, 2.24) is 14.9 Å². The summed E-state index contributed by atoms with van der Waals surface area (Å²) in [5, 5.41) is 3.45. The first-order valence-corrected chi connectivity index (χ1v) is 11.3. The molecule has 0 radical (unpaired) electrons. The molecule has 28 heavy (non-hydrogen) atoms. The molecule has 1 fully saturated rings. The van der Waals surface area contributed by atoms with Crippen molar-refractivity contribution in [2.24, 2.45) is 7.05 Å². The summed E-state index contributed by atoms with van der Waals surface area (Å²) in [6, 6.07) is 15.0. The lowest BCUT2D eigenvalue weighted by Gasteiger charge is -2.21. The van der Waals surface area contributed by atoms with Crippen molar-refractivity contribution in [2.45, 2.75) is 17.5 Å². The smallest absolute Gasteiger partial charge is 0.261 e. The highest BCUT2D eigenvalue weighted by Crippen LogP contribution is 2.43. The third-order valence-electron chi connectivity index (χ3n) is 4.75. The van der Waals surface area contributed by atoms with Gasteiger partial charge in [-0.3, -0.25) is 14.2 Å². The van der Waals surface area contributed by atoms with E-state index in [2.05, 4.69) is 10.3 Å².